The Morgan fingerprint density at radius 2 is 1.86 bits per heavy atom. The van der Waals surface area contributed by atoms with Crippen molar-refractivity contribution in [1.82, 2.24) is 4.31 Å². The number of nitrogens with zero attached hydrogens (tertiary/aromatic N) is 1. The third-order valence-corrected chi connectivity index (χ3v) is 5.68. The molecule has 0 aromatic heterocycles. The predicted molar refractivity (Wildman–Crippen MR) is 88.9 cm³/mol. The molecule has 0 atom stereocenters. The van der Waals surface area contributed by atoms with E-state index in [0.29, 0.717) is 18.1 Å². The van der Waals surface area contributed by atoms with Crippen molar-refractivity contribution in [3.63, 3.8) is 0 Å². The Labute approximate surface area is 138 Å². The Balaban J connectivity index is 2.32. The van der Waals surface area contributed by atoms with Gasteiger partial charge in [0.05, 0.1) is 4.90 Å². The van der Waals surface area contributed by atoms with E-state index in [2.05, 4.69) is 15.9 Å². The van der Waals surface area contributed by atoms with Crippen LogP contribution in [-0.4, -0.2) is 19.3 Å². The molecule has 21 heavy (non-hydrogen) atoms. The van der Waals surface area contributed by atoms with Crippen molar-refractivity contribution in [3.05, 3.63) is 63.6 Å². The molecule has 2 aromatic rings. The quantitative estimate of drug-likeness (QED) is 0.765. The van der Waals surface area contributed by atoms with E-state index in [1.54, 1.807) is 36.4 Å². The van der Waals surface area contributed by atoms with Gasteiger partial charge in [0, 0.05) is 22.6 Å². The summed E-state index contributed by atoms with van der Waals surface area (Å²) in [5.74, 6) is 0. The summed E-state index contributed by atoms with van der Waals surface area (Å²) in [4.78, 5) is 0.278. The lowest BCUT2D eigenvalue weighted by molar-refractivity contribution is 0.423. The van der Waals surface area contributed by atoms with Crippen LogP contribution in [0.5, 0.6) is 0 Å². The summed E-state index contributed by atoms with van der Waals surface area (Å²) < 4.78 is 27.5. The first-order valence-electron chi connectivity index (χ1n) is 6.43. The van der Waals surface area contributed by atoms with E-state index in [9.17, 15) is 8.42 Å². The van der Waals surface area contributed by atoms with Gasteiger partial charge in [-0.15, -0.1) is 0 Å². The van der Waals surface area contributed by atoms with Gasteiger partial charge in [0.15, 0.2) is 0 Å². The zero-order valence-electron chi connectivity index (χ0n) is 11.5. The zero-order chi connectivity index (χ0) is 15.5. The van der Waals surface area contributed by atoms with E-state index in [1.165, 1.54) is 4.31 Å². The van der Waals surface area contributed by atoms with E-state index in [4.69, 9.17) is 11.6 Å². The molecule has 6 heteroatoms. The normalized spacial score (nSPS) is 11.8. The van der Waals surface area contributed by atoms with Crippen LogP contribution in [0.4, 0.5) is 0 Å². The highest BCUT2D eigenvalue weighted by Gasteiger charge is 2.23. The van der Waals surface area contributed by atoms with Crippen LogP contribution in [0.3, 0.4) is 0 Å². The van der Waals surface area contributed by atoms with E-state index < -0.39 is 10.0 Å². The summed E-state index contributed by atoms with van der Waals surface area (Å²) in [6.07, 6.45) is 0. The van der Waals surface area contributed by atoms with Gasteiger partial charge in [0.25, 0.3) is 0 Å². The van der Waals surface area contributed by atoms with Gasteiger partial charge in [0.2, 0.25) is 10.0 Å². The van der Waals surface area contributed by atoms with Crippen LogP contribution in [0.2, 0.25) is 5.02 Å². The molecule has 0 N–H and O–H groups in total. The first-order valence-corrected chi connectivity index (χ1v) is 9.04. The average molecular weight is 389 g/mol. The van der Waals surface area contributed by atoms with Crippen LogP contribution in [-0.2, 0) is 16.6 Å². The molecule has 0 heterocycles. The molecule has 0 spiro atoms. The lowest BCUT2D eigenvalue weighted by Crippen LogP contribution is -2.30. The maximum atomic E-state index is 12.7. The van der Waals surface area contributed by atoms with E-state index >= 15 is 0 Å². The van der Waals surface area contributed by atoms with E-state index in [1.807, 2.05) is 19.1 Å². The molecule has 0 aliphatic heterocycles. The van der Waals surface area contributed by atoms with Gasteiger partial charge < -0.3 is 0 Å². The zero-order valence-corrected chi connectivity index (χ0v) is 14.6. The van der Waals surface area contributed by atoms with Gasteiger partial charge in [-0.25, -0.2) is 8.42 Å². The fraction of sp³-hybridized carbons (Fsp3) is 0.200. The molecule has 2 aromatic carbocycles. The van der Waals surface area contributed by atoms with Crippen molar-refractivity contribution in [1.29, 1.82) is 0 Å². The summed E-state index contributed by atoms with van der Waals surface area (Å²) in [6, 6.07) is 13.9. The van der Waals surface area contributed by atoms with Crippen LogP contribution in [0.1, 0.15) is 12.5 Å². The standard InChI is InChI=1S/C15H15BrClNO2S/c1-2-18(11-12-5-3-7-14(17)9-12)21(19,20)15-8-4-6-13(16)10-15/h3-10H,2,11H2,1H3. The van der Waals surface area contributed by atoms with Crippen molar-refractivity contribution < 1.29 is 8.42 Å². The fourth-order valence-electron chi connectivity index (χ4n) is 1.98. The second-order valence-corrected chi connectivity index (χ2v) is 7.81. The third kappa shape index (κ3) is 4.07. The molecule has 0 aliphatic rings. The number of hydrogen-bond donors (Lipinski definition) is 0. The van der Waals surface area contributed by atoms with Gasteiger partial charge in [-0.05, 0) is 35.9 Å². The Hall–Kier alpha value is -0.880. The van der Waals surface area contributed by atoms with Gasteiger partial charge in [-0.3, -0.25) is 0 Å². The van der Waals surface area contributed by atoms with E-state index in [0.717, 1.165) is 10.0 Å². The molecule has 0 unspecified atom stereocenters. The first kappa shape index (κ1) is 16.5. The van der Waals surface area contributed by atoms with Crippen LogP contribution in [0.25, 0.3) is 0 Å². The summed E-state index contributed by atoms with van der Waals surface area (Å²) in [6.45, 7) is 2.51. The number of sulfonamides is 1. The molecule has 0 saturated heterocycles. The summed E-state index contributed by atoms with van der Waals surface area (Å²) in [5, 5.41) is 0.600. The molecule has 112 valence electrons. The Morgan fingerprint density at radius 3 is 2.48 bits per heavy atom. The molecule has 0 saturated carbocycles. The Kier molecular flexibility index (Phi) is 5.43. The van der Waals surface area contributed by atoms with Crippen LogP contribution < -0.4 is 0 Å². The van der Waals surface area contributed by atoms with Gasteiger partial charge in [0.1, 0.15) is 0 Å². The van der Waals surface area contributed by atoms with Gasteiger partial charge in [-0.1, -0.05) is 52.7 Å². The number of halogens is 2. The Morgan fingerprint density at radius 1 is 1.14 bits per heavy atom. The molecule has 0 bridgehead atoms. The van der Waals surface area contributed by atoms with Crippen LogP contribution >= 0.6 is 27.5 Å². The predicted octanol–water partition coefficient (Wildman–Crippen LogP) is 4.31. The van der Waals surface area contributed by atoms with Crippen molar-refractivity contribution in [3.8, 4) is 0 Å². The molecule has 0 aliphatic carbocycles. The molecule has 0 radical (unpaired) electrons. The van der Waals surface area contributed by atoms with Crippen molar-refractivity contribution in [2.75, 3.05) is 6.54 Å². The highest BCUT2D eigenvalue weighted by molar-refractivity contribution is 9.10. The topological polar surface area (TPSA) is 37.4 Å². The largest absolute Gasteiger partial charge is 0.243 e. The maximum Gasteiger partial charge on any atom is 0.243 e. The lowest BCUT2D eigenvalue weighted by Gasteiger charge is -2.21. The van der Waals surface area contributed by atoms with Crippen LogP contribution in [0, 0.1) is 0 Å². The Bertz CT molecular complexity index is 734. The number of hydrogen-bond acceptors (Lipinski definition) is 2. The molecule has 3 nitrogen and oxygen atoms in total. The molecular weight excluding hydrogens is 374 g/mol. The second-order valence-electron chi connectivity index (χ2n) is 4.52. The highest BCUT2D eigenvalue weighted by atomic mass is 79.9. The third-order valence-electron chi connectivity index (χ3n) is 3.03. The first-order chi connectivity index (χ1) is 9.93. The van der Waals surface area contributed by atoms with Crippen molar-refractivity contribution >= 4 is 37.6 Å². The summed E-state index contributed by atoms with van der Waals surface area (Å²) in [5.41, 5.74) is 0.864. The van der Waals surface area contributed by atoms with Gasteiger partial charge in [-0.2, -0.15) is 4.31 Å². The van der Waals surface area contributed by atoms with Crippen molar-refractivity contribution in [2.24, 2.45) is 0 Å². The lowest BCUT2D eigenvalue weighted by atomic mass is 10.2. The number of benzene rings is 2. The van der Waals surface area contributed by atoms with Crippen molar-refractivity contribution in [2.45, 2.75) is 18.4 Å². The molecule has 0 fully saturated rings. The minimum atomic E-state index is -3.52. The SMILES string of the molecule is CCN(Cc1cccc(Cl)c1)S(=O)(=O)c1cccc(Br)c1. The highest BCUT2D eigenvalue weighted by Crippen LogP contribution is 2.22. The smallest absolute Gasteiger partial charge is 0.207 e. The monoisotopic (exact) mass is 387 g/mol. The molecule has 2 rings (SSSR count). The minimum Gasteiger partial charge on any atom is -0.207 e. The maximum absolute atomic E-state index is 12.7. The van der Waals surface area contributed by atoms with E-state index in [-0.39, 0.29) is 4.90 Å². The second kappa shape index (κ2) is 6.92. The van der Waals surface area contributed by atoms with Gasteiger partial charge >= 0.3 is 0 Å². The summed E-state index contributed by atoms with van der Waals surface area (Å²) >= 11 is 9.25. The molecular formula is C15H15BrClNO2S. The molecule has 0 amide bonds. The summed E-state index contributed by atoms with van der Waals surface area (Å²) in [7, 11) is -3.52. The average Bonchev–Trinajstić information content (AvgIpc) is 2.44. The minimum absolute atomic E-state index is 0.278. The number of rotatable bonds is 5. The fourth-order valence-corrected chi connectivity index (χ4v) is 4.23. The van der Waals surface area contributed by atoms with Crippen LogP contribution in [0.15, 0.2) is 57.9 Å².